The number of aromatic nitrogens is 6. The number of nitrogens with two attached hydrogens (primary N) is 2. The van der Waals surface area contributed by atoms with Crippen LogP contribution in [-0.4, -0.2) is 48.8 Å². The van der Waals surface area contributed by atoms with Gasteiger partial charge in [0.05, 0.1) is 16.8 Å². The molecule has 4 aromatic rings. The van der Waals surface area contributed by atoms with Crippen LogP contribution in [0.2, 0.25) is 0 Å². The van der Waals surface area contributed by atoms with Gasteiger partial charge in [-0.05, 0) is 43.9 Å². The van der Waals surface area contributed by atoms with Crippen LogP contribution in [0.5, 0.6) is 0 Å². The summed E-state index contributed by atoms with van der Waals surface area (Å²) in [6.07, 6.45) is 8.35. The second kappa shape index (κ2) is 9.60. The van der Waals surface area contributed by atoms with E-state index < -0.39 is 0 Å². The van der Waals surface area contributed by atoms with E-state index in [0.29, 0.717) is 36.6 Å². The second-order valence-corrected chi connectivity index (χ2v) is 8.69. The third kappa shape index (κ3) is 4.84. The summed E-state index contributed by atoms with van der Waals surface area (Å²) in [5.74, 6) is 1.49. The van der Waals surface area contributed by atoms with Crippen LogP contribution in [0.3, 0.4) is 0 Å². The Balaban J connectivity index is 1.35. The molecule has 9 heteroatoms. The molecule has 3 aromatic heterocycles. The largest absolute Gasteiger partial charge is 0.351 e. The topological polar surface area (TPSA) is 144 Å². The predicted octanol–water partition coefficient (Wildman–Crippen LogP) is 2.78. The van der Waals surface area contributed by atoms with Crippen LogP contribution in [-0.2, 0) is 6.42 Å². The average molecular weight is 444 g/mol. The number of hydrogen-bond donors (Lipinski definition) is 4. The van der Waals surface area contributed by atoms with E-state index in [1.54, 1.807) is 12.4 Å². The molecule has 0 amide bonds. The lowest BCUT2D eigenvalue weighted by Crippen LogP contribution is -2.33. The lowest BCUT2D eigenvalue weighted by Gasteiger charge is -2.26. The Kier molecular flexibility index (Phi) is 6.23. The molecule has 3 heterocycles. The summed E-state index contributed by atoms with van der Waals surface area (Å²) in [4.78, 5) is 18.4. The van der Waals surface area contributed by atoms with Crippen molar-refractivity contribution in [1.29, 1.82) is 0 Å². The summed E-state index contributed by atoms with van der Waals surface area (Å²) < 4.78 is 0. The molecule has 170 valence electrons. The first-order chi connectivity index (χ1) is 16.2. The quantitative estimate of drug-likeness (QED) is 0.341. The van der Waals surface area contributed by atoms with Gasteiger partial charge in [-0.2, -0.15) is 10.1 Å². The van der Waals surface area contributed by atoms with Crippen LogP contribution in [0, 0.1) is 0 Å². The minimum atomic E-state index is 0.159. The molecule has 0 saturated heterocycles. The Bertz CT molecular complexity index is 1200. The van der Waals surface area contributed by atoms with Gasteiger partial charge in [-0.1, -0.05) is 30.3 Å². The van der Waals surface area contributed by atoms with E-state index in [1.165, 1.54) is 5.56 Å². The Morgan fingerprint density at radius 2 is 1.85 bits per heavy atom. The van der Waals surface area contributed by atoms with Gasteiger partial charge in [-0.15, -0.1) is 0 Å². The maximum atomic E-state index is 6.05. The molecule has 9 nitrogen and oxygen atoms in total. The molecule has 1 fully saturated rings. The zero-order chi connectivity index (χ0) is 22.6. The molecule has 0 spiro atoms. The number of anilines is 1. The number of fused-ring (bicyclic) bond motifs is 1. The highest BCUT2D eigenvalue weighted by Crippen LogP contribution is 2.26. The minimum Gasteiger partial charge on any atom is -0.351 e. The average Bonchev–Trinajstić information content (AvgIpc) is 3.28. The predicted molar refractivity (Wildman–Crippen MR) is 129 cm³/mol. The van der Waals surface area contributed by atoms with Crippen molar-refractivity contribution in [2.75, 3.05) is 11.9 Å². The van der Waals surface area contributed by atoms with E-state index in [4.69, 9.17) is 16.5 Å². The Morgan fingerprint density at radius 1 is 1.03 bits per heavy atom. The fraction of sp³-hybridized carbons (Fsp3) is 0.375. The summed E-state index contributed by atoms with van der Waals surface area (Å²) in [5, 5.41) is 11.7. The highest BCUT2D eigenvalue weighted by molar-refractivity contribution is 5.89. The van der Waals surface area contributed by atoms with Crippen LogP contribution >= 0.6 is 0 Å². The van der Waals surface area contributed by atoms with Crippen molar-refractivity contribution in [1.82, 2.24) is 30.1 Å². The van der Waals surface area contributed by atoms with Gasteiger partial charge in [0.15, 0.2) is 5.65 Å². The maximum Gasteiger partial charge on any atom is 0.224 e. The Hall–Kier alpha value is -3.43. The minimum absolute atomic E-state index is 0.159. The zero-order valence-electron chi connectivity index (χ0n) is 18.5. The van der Waals surface area contributed by atoms with Crippen LogP contribution in [0.1, 0.15) is 43.0 Å². The van der Waals surface area contributed by atoms with Gasteiger partial charge >= 0.3 is 0 Å². The summed E-state index contributed by atoms with van der Waals surface area (Å²) in [7, 11) is 0. The van der Waals surface area contributed by atoms with Crippen LogP contribution < -0.4 is 16.8 Å². The summed E-state index contributed by atoms with van der Waals surface area (Å²) in [5.41, 5.74) is 15.4. The molecule has 1 aliphatic carbocycles. The van der Waals surface area contributed by atoms with Gasteiger partial charge < -0.3 is 16.8 Å². The number of nitrogens with zero attached hydrogens (tertiary/aromatic N) is 5. The maximum absolute atomic E-state index is 6.05. The monoisotopic (exact) mass is 443 g/mol. The molecule has 5 rings (SSSR count). The van der Waals surface area contributed by atoms with E-state index in [0.717, 1.165) is 48.3 Å². The van der Waals surface area contributed by atoms with Crippen molar-refractivity contribution in [2.45, 2.75) is 50.1 Å². The molecule has 1 saturated carbocycles. The Labute approximate surface area is 192 Å². The third-order valence-corrected chi connectivity index (χ3v) is 6.36. The summed E-state index contributed by atoms with van der Waals surface area (Å²) in [6.45, 7) is 0.529. The first-order valence-corrected chi connectivity index (χ1v) is 11.5. The molecule has 0 radical (unpaired) electrons. The highest BCUT2D eigenvalue weighted by Gasteiger charge is 2.20. The smallest absolute Gasteiger partial charge is 0.224 e. The van der Waals surface area contributed by atoms with Crippen molar-refractivity contribution in [3.63, 3.8) is 0 Å². The van der Waals surface area contributed by atoms with E-state index in [-0.39, 0.29) is 5.92 Å². The fourth-order valence-corrected chi connectivity index (χ4v) is 4.43. The molecule has 33 heavy (non-hydrogen) atoms. The van der Waals surface area contributed by atoms with Crippen molar-refractivity contribution < 1.29 is 0 Å². The van der Waals surface area contributed by atoms with Crippen LogP contribution in [0.25, 0.3) is 22.4 Å². The molecule has 0 aliphatic heterocycles. The summed E-state index contributed by atoms with van der Waals surface area (Å²) in [6, 6.07) is 12.8. The van der Waals surface area contributed by atoms with Crippen molar-refractivity contribution in [3.05, 3.63) is 60.2 Å². The van der Waals surface area contributed by atoms with Gasteiger partial charge in [0.1, 0.15) is 5.82 Å². The molecule has 0 bridgehead atoms. The molecule has 1 unspecified atom stereocenters. The van der Waals surface area contributed by atoms with E-state index in [1.807, 2.05) is 24.3 Å². The SMILES string of the molecule is NCC(Cc1nccc(-c2[nH]nc3nc(NC4CCC(N)CC4)ncc23)n1)c1ccccc1. The van der Waals surface area contributed by atoms with Gasteiger partial charge in [0.2, 0.25) is 5.95 Å². The lowest BCUT2D eigenvalue weighted by molar-refractivity contribution is 0.410. The number of aromatic amines is 1. The molecule has 1 atom stereocenters. The lowest BCUT2D eigenvalue weighted by atomic mass is 9.92. The molecular weight excluding hydrogens is 414 g/mol. The first kappa shape index (κ1) is 21.4. The highest BCUT2D eigenvalue weighted by atomic mass is 15.2. The molecule has 1 aromatic carbocycles. The van der Waals surface area contributed by atoms with Crippen molar-refractivity contribution in [2.24, 2.45) is 11.5 Å². The van der Waals surface area contributed by atoms with Gasteiger partial charge in [0.25, 0.3) is 0 Å². The number of hydrogen-bond acceptors (Lipinski definition) is 8. The number of rotatable bonds is 7. The van der Waals surface area contributed by atoms with Crippen molar-refractivity contribution >= 4 is 17.0 Å². The Morgan fingerprint density at radius 3 is 2.64 bits per heavy atom. The summed E-state index contributed by atoms with van der Waals surface area (Å²) >= 11 is 0. The zero-order valence-corrected chi connectivity index (χ0v) is 18.5. The normalized spacial score (nSPS) is 19.5. The van der Waals surface area contributed by atoms with Crippen molar-refractivity contribution in [3.8, 4) is 11.4 Å². The van der Waals surface area contributed by atoms with Crippen LogP contribution in [0.15, 0.2) is 48.8 Å². The van der Waals surface area contributed by atoms with E-state index >= 15 is 0 Å². The fourth-order valence-electron chi connectivity index (χ4n) is 4.43. The van der Waals surface area contributed by atoms with Gasteiger partial charge in [0, 0.05) is 36.8 Å². The van der Waals surface area contributed by atoms with E-state index in [2.05, 4.69) is 42.6 Å². The first-order valence-electron chi connectivity index (χ1n) is 11.5. The number of nitrogens with one attached hydrogen (secondary N) is 2. The second-order valence-electron chi connectivity index (χ2n) is 8.69. The standard InChI is InChI=1S/C24H29N9/c25-13-16(15-4-2-1-3-5-15)12-21-27-11-10-20(30-21)22-19-14-28-24(31-23(19)33-32-22)29-18-8-6-17(26)7-9-18/h1-5,10-11,14,16-18H,6-9,12-13,25-26H2,(H2,28,29,31,32,33). The van der Waals surface area contributed by atoms with Gasteiger partial charge in [-0.3, -0.25) is 5.10 Å². The molecule has 1 aliphatic rings. The van der Waals surface area contributed by atoms with Crippen LogP contribution in [0.4, 0.5) is 5.95 Å². The van der Waals surface area contributed by atoms with E-state index in [9.17, 15) is 0 Å². The number of benzene rings is 1. The molecule has 6 N–H and O–H groups in total. The van der Waals surface area contributed by atoms with Gasteiger partial charge in [-0.25, -0.2) is 15.0 Å². The third-order valence-electron chi connectivity index (χ3n) is 6.36. The molecular formula is C24H29N9. The number of H-pyrrole nitrogens is 1.